The van der Waals surface area contributed by atoms with Gasteiger partial charge in [-0.05, 0) is 48.3 Å². The Labute approximate surface area is 145 Å². The third-order valence-electron chi connectivity index (χ3n) is 5.02. The molecule has 0 spiro atoms. The van der Waals surface area contributed by atoms with Crippen molar-refractivity contribution in [3.8, 4) is 0 Å². The van der Waals surface area contributed by atoms with Crippen LogP contribution in [0.5, 0.6) is 0 Å². The molecule has 24 heavy (non-hydrogen) atoms. The first-order chi connectivity index (χ1) is 11.7. The summed E-state index contributed by atoms with van der Waals surface area (Å²) < 4.78 is 10.9. The molecule has 0 N–H and O–H groups in total. The van der Waals surface area contributed by atoms with Gasteiger partial charge in [-0.1, -0.05) is 68.4 Å². The van der Waals surface area contributed by atoms with Crippen molar-refractivity contribution >= 4 is 0 Å². The summed E-state index contributed by atoms with van der Waals surface area (Å²) in [5, 5.41) is 0. The standard InChI is InChI=1S/C22H28O2/c1-4-19(21-8-6-5-7-9-21)14-16(2)20-12-10-18(11-13-20)15-23-22-17(3)24-22/h5-13,16-17,19,22H,4,14-15H2,1-3H3. The highest BCUT2D eigenvalue weighted by Gasteiger charge is 2.35. The molecule has 0 saturated carbocycles. The minimum Gasteiger partial charge on any atom is -0.345 e. The second-order valence-electron chi connectivity index (χ2n) is 6.91. The Balaban J connectivity index is 1.56. The SMILES string of the molecule is CCC(CC(C)c1ccc(COC2OC2C)cc1)c1ccccc1. The van der Waals surface area contributed by atoms with Gasteiger partial charge >= 0.3 is 0 Å². The van der Waals surface area contributed by atoms with E-state index in [9.17, 15) is 0 Å². The quantitative estimate of drug-likeness (QED) is 0.586. The van der Waals surface area contributed by atoms with Gasteiger partial charge in [-0.2, -0.15) is 0 Å². The molecule has 2 heteroatoms. The van der Waals surface area contributed by atoms with Gasteiger partial charge in [-0.25, -0.2) is 0 Å². The molecule has 2 aromatic carbocycles. The van der Waals surface area contributed by atoms with Crippen molar-refractivity contribution in [2.75, 3.05) is 0 Å². The van der Waals surface area contributed by atoms with Gasteiger partial charge in [0.05, 0.1) is 6.61 Å². The fourth-order valence-electron chi connectivity index (χ4n) is 3.29. The molecule has 0 aromatic heterocycles. The summed E-state index contributed by atoms with van der Waals surface area (Å²) in [7, 11) is 0. The maximum atomic E-state index is 5.67. The van der Waals surface area contributed by atoms with E-state index in [2.05, 4.69) is 68.4 Å². The minimum atomic E-state index is -0.000199. The molecule has 2 aromatic rings. The summed E-state index contributed by atoms with van der Waals surface area (Å²) >= 11 is 0. The van der Waals surface area contributed by atoms with Gasteiger partial charge < -0.3 is 9.47 Å². The van der Waals surface area contributed by atoms with Gasteiger partial charge in [0.1, 0.15) is 6.10 Å². The highest BCUT2D eigenvalue weighted by molar-refractivity contribution is 5.26. The molecule has 0 bridgehead atoms. The number of benzene rings is 2. The van der Waals surface area contributed by atoms with Crippen LogP contribution < -0.4 is 0 Å². The van der Waals surface area contributed by atoms with Crippen molar-refractivity contribution in [2.24, 2.45) is 0 Å². The summed E-state index contributed by atoms with van der Waals surface area (Å²) in [6, 6.07) is 19.7. The average Bonchev–Trinajstić information content (AvgIpc) is 3.34. The van der Waals surface area contributed by atoms with E-state index in [-0.39, 0.29) is 12.4 Å². The lowest BCUT2D eigenvalue weighted by atomic mass is 9.84. The van der Waals surface area contributed by atoms with Crippen molar-refractivity contribution in [2.45, 2.75) is 64.4 Å². The number of ether oxygens (including phenoxy) is 2. The molecule has 3 rings (SSSR count). The van der Waals surface area contributed by atoms with E-state index in [1.165, 1.54) is 29.5 Å². The van der Waals surface area contributed by atoms with Crippen LogP contribution in [0.25, 0.3) is 0 Å². The van der Waals surface area contributed by atoms with Crippen LogP contribution in [0.3, 0.4) is 0 Å². The molecule has 1 heterocycles. The lowest BCUT2D eigenvalue weighted by Gasteiger charge is -2.21. The highest BCUT2D eigenvalue weighted by Crippen LogP contribution is 2.32. The first kappa shape index (κ1) is 17.2. The molecule has 0 aliphatic carbocycles. The fourth-order valence-corrected chi connectivity index (χ4v) is 3.29. The molecular formula is C22H28O2. The monoisotopic (exact) mass is 324 g/mol. The predicted octanol–water partition coefficient (Wildman–Crippen LogP) is 5.64. The first-order valence-electron chi connectivity index (χ1n) is 9.08. The van der Waals surface area contributed by atoms with E-state index in [1.807, 2.05) is 6.92 Å². The maximum Gasteiger partial charge on any atom is 0.184 e. The van der Waals surface area contributed by atoms with Gasteiger partial charge in [0.15, 0.2) is 6.29 Å². The van der Waals surface area contributed by atoms with Crippen LogP contribution in [-0.2, 0) is 16.1 Å². The molecule has 1 saturated heterocycles. The number of epoxide rings is 1. The summed E-state index contributed by atoms with van der Waals surface area (Å²) in [5.41, 5.74) is 4.07. The van der Waals surface area contributed by atoms with Crippen molar-refractivity contribution in [1.29, 1.82) is 0 Å². The Morgan fingerprint density at radius 1 is 1.00 bits per heavy atom. The largest absolute Gasteiger partial charge is 0.345 e. The Hall–Kier alpha value is -1.64. The molecule has 0 radical (unpaired) electrons. The molecule has 0 amide bonds. The summed E-state index contributed by atoms with van der Waals surface area (Å²) in [5.74, 6) is 1.18. The Morgan fingerprint density at radius 3 is 2.25 bits per heavy atom. The lowest BCUT2D eigenvalue weighted by Crippen LogP contribution is -2.04. The second-order valence-corrected chi connectivity index (χ2v) is 6.91. The number of rotatable bonds is 8. The molecular weight excluding hydrogens is 296 g/mol. The first-order valence-corrected chi connectivity index (χ1v) is 9.08. The highest BCUT2D eigenvalue weighted by atomic mass is 16.8. The fraction of sp³-hybridized carbons (Fsp3) is 0.455. The summed E-state index contributed by atoms with van der Waals surface area (Å²) in [4.78, 5) is 0. The minimum absolute atomic E-state index is 0.000199. The van der Waals surface area contributed by atoms with Crippen LogP contribution >= 0.6 is 0 Å². The van der Waals surface area contributed by atoms with E-state index in [0.717, 1.165) is 0 Å². The van der Waals surface area contributed by atoms with E-state index in [4.69, 9.17) is 9.47 Å². The maximum absolute atomic E-state index is 5.67. The molecule has 2 nitrogen and oxygen atoms in total. The zero-order valence-electron chi connectivity index (χ0n) is 14.9. The third kappa shape index (κ3) is 4.46. The van der Waals surface area contributed by atoms with Gasteiger partial charge in [-0.15, -0.1) is 0 Å². The molecule has 4 atom stereocenters. The van der Waals surface area contributed by atoms with Crippen molar-refractivity contribution < 1.29 is 9.47 Å². The van der Waals surface area contributed by atoms with Crippen LogP contribution in [0.15, 0.2) is 54.6 Å². The average molecular weight is 324 g/mol. The Kier molecular flexibility index (Phi) is 5.70. The molecule has 1 aliphatic rings. The topological polar surface area (TPSA) is 21.8 Å². The van der Waals surface area contributed by atoms with Crippen LogP contribution in [0, 0.1) is 0 Å². The van der Waals surface area contributed by atoms with Crippen LogP contribution in [0.4, 0.5) is 0 Å². The number of hydrogen-bond acceptors (Lipinski definition) is 2. The Bertz CT molecular complexity index is 620. The van der Waals surface area contributed by atoms with Gasteiger partial charge in [-0.3, -0.25) is 0 Å². The normalized spacial score (nSPS) is 22.1. The van der Waals surface area contributed by atoms with Gasteiger partial charge in [0.25, 0.3) is 0 Å². The van der Waals surface area contributed by atoms with Crippen molar-refractivity contribution in [3.63, 3.8) is 0 Å². The van der Waals surface area contributed by atoms with E-state index < -0.39 is 0 Å². The van der Waals surface area contributed by atoms with Gasteiger partial charge in [0, 0.05) is 0 Å². The molecule has 128 valence electrons. The van der Waals surface area contributed by atoms with Crippen LogP contribution in [0.2, 0.25) is 0 Å². The number of hydrogen-bond donors (Lipinski definition) is 0. The molecule has 1 fully saturated rings. The Morgan fingerprint density at radius 2 is 1.67 bits per heavy atom. The zero-order valence-corrected chi connectivity index (χ0v) is 14.9. The lowest BCUT2D eigenvalue weighted by molar-refractivity contribution is 0.0385. The zero-order chi connectivity index (χ0) is 16.9. The van der Waals surface area contributed by atoms with Crippen LogP contribution in [0.1, 0.15) is 62.1 Å². The van der Waals surface area contributed by atoms with E-state index in [0.29, 0.717) is 18.4 Å². The van der Waals surface area contributed by atoms with Gasteiger partial charge in [0.2, 0.25) is 0 Å². The second kappa shape index (κ2) is 7.96. The molecule has 1 aliphatic heterocycles. The predicted molar refractivity (Wildman–Crippen MR) is 98.1 cm³/mol. The van der Waals surface area contributed by atoms with Crippen molar-refractivity contribution in [1.82, 2.24) is 0 Å². The third-order valence-corrected chi connectivity index (χ3v) is 5.02. The van der Waals surface area contributed by atoms with Crippen LogP contribution in [-0.4, -0.2) is 12.4 Å². The smallest absolute Gasteiger partial charge is 0.184 e. The van der Waals surface area contributed by atoms with E-state index >= 15 is 0 Å². The van der Waals surface area contributed by atoms with Crippen molar-refractivity contribution in [3.05, 3.63) is 71.3 Å². The summed E-state index contributed by atoms with van der Waals surface area (Å²) in [6.45, 7) is 7.28. The molecule has 4 unspecified atom stereocenters. The van der Waals surface area contributed by atoms with E-state index in [1.54, 1.807) is 0 Å². The summed E-state index contributed by atoms with van der Waals surface area (Å²) in [6.07, 6.45) is 2.62.